The molecule has 0 saturated carbocycles. The molecule has 3 aromatic rings. The fourth-order valence-electron chi connectivity index (χ4n) is 4.06. The van der Waals surface area contributed by atoms with Gasteiger partial charge in [0.1, 0.15) is 17.2 Å². The van der Waals surface area contributed by atoms with Crippen LogP contribution in [0.15, 0.2) is 60.7 Å². The normalized spacial score (nSPS) is 12.1. The molecule has 0 saturated heterocycles. The van der Waals surface area contributed by atoms with Crippen LogP contribution in [0.5, 0.6) is 17.2 Å². The number of rotatable bonds is 8. The first-order chi connectivity index (χ1) is 16.5. The summed E-state index contributed by atoms with van der Waals surface area (Å²) in [4.78, 5) is 0. The fourth-order valence-corrected chi connectivity index (χ4v) is 6.74. The van der Waals surface area contributed by atoms with Crippen molar-refractivity contribution in [1.29, 1.82) is 0 Å². The van der Waals surface area contributed by atoms with Gasteiger partial charge in [-0.2, -0.15) is 0 Å². The summed E-state index contributed by atoms with van der Waals surface area (Å²) in [5.74, 6) is 2.57. The smallest absolute Gasteiger partial charge is 0.188 e. The highest BCUT2D eigenvalue weighted by Crippen LogP contribution is 2.46. The van der Waals surface area contributed by atoms with Gasteiger partial charge in [-0.05, 0) is 42.5 Å². The molecule has 0 fully saturated rings. The van der Waals surface area contributed by atoms with Gasteiger partial charge in [-0.3, -0.25) is 0 Å². The van der Waals surface area contributed by atoms with E-state index < -0.39 is 7.92 Å². The van der Waals surface area contributed by atoms with Crippen molar-refractivity contribution < 1.29 is 18.9 Å². The number of ether oxygens (including phenoxy) is 4. The van der Waals surface area contributed by atoms with Crippen LogP contribution in [0.4, 0.5) is 0 Å². The molecule has 5 heteroatoms. The summed E-state index contributed by atoms with van der Waals surface area (Å²) >= 11 is 0. The molecule has 3 aromatic carbocycles. The third-order valence-electron chi connectivity index (χ3n) is 5.96. The molecule has 0 spiro atoms. The van der Waals surface area contributed by atoms with E-state index in [2.05, 4.69) is 77.9 Å². The van der Waals surface area contributed by atoms with Crippen LogP contribution in [0.25, 0.3) is 0 Å². The summed E-state index contributed by atoms with van der Waals surface area (Å²) in [7, 11) is 4.01. The van der Waals surface area contributed by atoms with E-state index in [9.17, 15) is 0 Å². The Kier molecular flexibility index (Phi) is 8.51. The summed E-state index contributed by atoms with van der Waals surface area (Å²) in [5.41, 5.74) is 2.24. The Bertz CT molecular complexity index is 1090. The first-order valence-electron chi connectivity index (χ1n) is 11.9. The SMILES string of the molecule is COCOc1c(P(c2ccccc2OC)c2ccccc2OC)cc(C(C)(C)C)cc1C(C)(C)C. The molecule has 4 nitrogen and oxygen atoms in total. The summed E-state index contributed by atoms with van der Waals surface area (Å²) in [5, 5.41) is 3.36. The largest absolute Gasteiger partial charge is 0.496 e. The molecule has 0 N–H and O–H groups in total. The third-order valence-corrected chi connectivity index (χ3v) is 8.47. The van der Waals surface area contributed by atoms with Crippen molar-refractivity contribution in [1.82, 2.24) is 0 Å². The van der Waals surface area contributed by atoms with Crippen LogP contribution in [-0.2, 0) is 15.6 Å². The minimum Gasteiger partial charge on any atom is -0.496 e. The van der Waals surface area contributed by atoms with Crippen molar-refractivity contribution in [2.75, 3.05) is 28.1 Å². The molecule has 35 heavy (non-hydrogen) atoms. The van der Waals surface area contributed by atoms with Gasteiger partial charge in [0.2, 0.25) is 0 Å². The van der Waals surface area contributed by atoms with Crippen LogP contribution in [-0.4, -0.2) is 28.1 Å². The number of methoxy groups -OCH3 is 3. The zero-order valence-corrected chi connectivity index (χ0v) is 23.5. The summed E-state index contributed by atoms with van der Waals surface area (Å²) in [6, 6.07) is 21.1. The molecular formula is C30H39O4P. The fraction of sp³-hybridized carbons (Fsp3) is 0.400. The maximum absolute atomic E-state index is 6.39. The molecule has 0 aliphatic carbocycles. The number of para-hydroxylation sites is 2. The van der Waals surface area contributed by atoms with Crippen molar-refractivity contribution in [2.45, 2.75) is 52.4 Å². The topological polar surface area (TPSA) is 36.9 Å². The third kappa shape index (κ3) is 6.00. The second-order valence-electron chi connectivity index (χ2n) is 10.6. The van der Waals surface area contributed by atoms with Gasteiger partial charge in [0.05, 0.1) is 14.2 Å². The van der Waals surface area contributed by atoms with Crippen LogP contribution in [0.1, 0.15) is 52.7 Å². The number of benzene rings is 3. The van der Waals surface area contributed by atoms with Crippen LogP contribution in [0, 0.1) is 0 Å². The van der Waals surface area contributed by atoms with Crippen molar-refractivity contribution in [3.05, 3.63) is 71.8 Å². The molecule has 0 amide bonds. The van der Waals surface area contributed by atoms with E-state index in [-0.39, 0.29) is 17.6 Å². The van der Waals surface area contributed by atoms with Crippen LogP contribution in [0.3, 0.4) is 0 Å². The van der Waals surface area contributed by atoms with E-state index in [0.29, 0.717) is 0 Å². The Morgan fingerprint density at radius 2 is 1.17 bits per heavy atom. The minimum absolute atomic E-state index is 0.0446. The van der Waals surface area contributed by atoms with E-state index in [1.165, 1.54) is 5.56 Å². The van der Waals surface area contributed by atoms with Crippen molar-refractivity contribution in [3.8, 4) is 17.2 Å². The molecule has 0 bridgehead atoms. The Hall–Kier alpha value is -2.55. The molecule has 0 aromatic heterocycles. The number of hydrogen-bond donors (Lipinski definition) is 0. The van der Waals surface area contributed by atoms with E-state index in [1.54, 1.807) is 21.3 Å². The minimum atomic E-state index is -1.09. The monoisotopic (exact) mass is 494 g/mol. The molecule has 188 valence electrons. The summed E-state index contributed by atoms with van der Waals surface area (Å²) in [6.07, 6.45) is 0. The zero-order chi connectivity index (χ0) is 25.8. The average molecular weight is 495 g/mol. The first-order valence-corrected chi connectivity index (χ1v) is 13.2. The highest BCUT2D eigenvalue weighted by Gasteiger charge is 2.32. The maximum atomic E-state index is 6.39. The number of hydrogen-bond acceptors (Lipinski definition) is 4. The van der Waals surface area contributed by atoms with Gasteiger partial charge >= 0.3 is 0 Å². The molecule has 3 rings (SSSR count). The van der Waals surface area contributed by atoms with E-state index in [4.69, 9.17) is 18.9 Å². The van der Waals surface area contributed by atoms with Gasteiger partial charge in [-0.1, -0.05) is 84.0 Å². The molecule has 0 unspecified atom stereocenters. The molecule has 0 atom stereocenters. The van der Waals surface area contributed by atoms with Crippen molar-refractivity contribution in [2.24, 2.45) is 0 Å². The Morgan fingerprint density at radius 1 is 0.657 bits per heavy atom. The molecule has 0 radical (unpaired) electrons. The Balaban J connectivity index is 2.50. The van der Waals surface area contributed by atoms with Crippen molar-refractivity contribution >= 4 is 23.8 Å². The highest BCUT2D eigenvalue weighted by atomic mass is 31.1. The predicted octanol–water partition coefficient (Wildman–Crippen LogP) is 6.04. The van der Waals surface area contributed by atoms with E-state index in [1.807, 2.05) is 24.3 Å². The van der Waals surface area contributed by atoms with Crippen LogP contribution < -0.4 is 30.1 Å². The lowest BCUT2D eigenvalue weighted by molar-refractivity contribution is 0.0506. The van der Waals surface area contributed by atoms with Gasteiger partial charge in [-0.15, -0.1) is 0 Å². The van der Waals surface area contributed by atoms with Gasteiger partial charge in [0.25, 0.3) is 0 Å². The highest BCUT2D eigenvalue weighted by molar-refractivity contribution is 7.80. The van der Waals surface area contributed by atoms with Gasteiger partial charge in [0.15, 0.2) is 6.79 Å². The predicted molar refractivity (Wildman–Crippen MR) is 148 cm³/mol. The quantitative estimate of drug-likeness (QED) is 0.283. The summed E-state index contributed by atoms with van der Waals surface area (Å²) in [6.45, 7) is 13.6. The lowest BCUT2D eigenvalue weighted by Gasteiger charge is -2.32. The Labute approximate surface area is 212 Å². The van der Waals surface area contributed by atoms with Crippen LogP contribution in [0.2, 0.25) is 0 Å². The maximum Gasteiger partial charge on any atom is 0.188 e. The lowest BCUT2D eigenvalue weighted by Crippen LogP contribution is -2.29. The van der Waals surface area contributed by atoms with E-state index in [0.717, 1.165) is 38.7 Å². The second-order valence-corrected chi connectivity index (χ2v) is 12.7. The molecular weight excluding hydrogens is 455 g/mol. The van der Waals surface area contributed by atoms with Gasteiger partial charge in [-0.25, -0.2) is 0 Å². The Morgan fingerprint density at radius 3 is 1.60 bits per heavy atom. The molecule has 0 aliphatic rings. The second kappa shape index (κ2) is 11.0. The molecule has 0 heterocycles. The average Bonchev–Trinajstić information content (AvgIpc) is 2.82. The van der Waals surface area contributed by atoms with Crippen LogP contribution >= 0.6 is 7.92 Å². The van der Waals surface area contributed by atoms with Gasteiger partial charge in [0, 0.05) is 28.6 Å². The first kappa shape index (κ1) is 27.0. The lowest BCUT2D eigenvalue weighted by atomic mass is 9.80. The van der Waals surface area contributed by atoms with Gasteiger partial charge < -0.3 is 18.9 Å². The molecule has 0 aliphatic heterocycles. The van der Waals surface area contributed by atoms with E-state index >= 15 is 0 Å². The summed E-state index contributed by atoms with van der Waals surface area (Å²) < 4.78 is 23.5. The zero-order valence-electron chi connectivity index (χ0n) is 22.6. The standard InChI is InChI=1S/C30H39O4P/c1-29(2,3)21-18-22(30(4,5)6)28(34-20-31-7)27(19-21)35(25-16-12-10-14-23(25)32-8)26-17-13-11-15-24(26)33-9/h10-19H,20H2,1-9H3. The van der Waals surface area contributed by atoms with Crippen molar-refractivity contribution in [3.63, 3.8) is 0 Å².